The maximum atomic E-state index is 13.1. The second-order valence-corrected chi connectivity index (χ2v) is 9.02. The summed E-state index contributed by atoms with van der Waals surface area (Å²) in [4.78, 5) is 6.85. The summed E-state index contributed by atoms with van der Waals surface area (Å²) in [6, 6.07) is 5.70. The predicted molar refractivity (Wildman–Crippen MR) is 99.4 cm³/mol. The number of nitrogens with one attached hydrogen (secondary N) is 1. The normalized spacial score (nSPS) is 23.9. The Kier molecular flexibility index (Phi) is 4.62. The SMILES string of the molecule is Cc1ncc(-c2ccc(C)c(S(=O)(=O)N[C@H]3CCCN4CCC[C@@H]34)c2)o1. The highest BCUT2D eigenvalue weighted by Gasteiger charge is 2.37. The Morgan fingerprint density at radius 3 is 2.69 bits per heavy atom. The molecule has 1 aromatic carbocycles. The van der Waals surface area contributed by atoms with Crippen LogP contribution in [-0.4, -0.2) is 43.5 Å². The minimum Gasteiger partial charge on any atom is -0.441 e. The van der Waals surface area contributed by atoms with Gasteiger partial charge in [-0.15, -0.1) is 0 Å². The molecule has 0 radical (unpaired) electrons. The molecule has 2 aliphatic rings. The van der Waals surface area contributed by atoms with Crippen molar-refractivity contribution in [3.8, 4) is 11.3 Å². The molecule has 140 valence electrons. The molecule has 0 unspecified atom stereocenters. The molecule has 26 heavy (non-hydrogen) atoms. The number of rotatable bonds is 4. The lowest BCUT2D eigenvalue weighted by molar-refractivity contribution is 0.166. The van der Waals surface area contributed by atoms with E-state index < -0.39 is 10.0 Å². The summed E-state index contributed by atoms with van der Waals surface area (Å²) >= 11 is 0. The minimum atomic E-state index is -3.59. The van der Waals surface area contributed by atoms with Crippen molar-refractivity contribution in [2.24, 2.45) is 0 Å². The van der Waals surface area contributed by atoms with Gasteiger partial charge in [-0.05, 0) is 57.3 Å². The highest BCUT2D eigenvalue weighted by Crippen LogP contribution is 2.30. The van der Waals surface area contributed by atoms with Crippen LogP contribution in [-0.2, 0) is 10.0 Å². The lowest BCUT2D eigenvalue weighted by atomic mass is 9.97. The van der Waals surface area contributed by atoms with Crippen LogP contribution in [0.1, 0.15) is 37.1 Å². The highest BCUT2D eigenvalue weighted by atomic mass is 32.2. The third kappa shape index (κ3) is 3.31. The zero-order valence-corrected chi connectivity index (χ0v) is 16.1. The first-order valence-corrected chi connectivity index (χ1v) is 10.7. The van der Waals surface area contributed by atoms with Crippen molar-refractivity contribution in [1.82, 2.24) is 14.6 Å². The van der Waals surface area contributed by atoms with Gasteiger partial charge in [0.25, 0.3) is 0 Å². The fourth-order valence-electron chi connectivity index (χ4n) is 4.23. The number of sulfonamides is 1. The van der Waals surface area contributed by atoms with Gasteiger partial charge < -0.3 is 4.42 Å². The first kappa shape index (κ1) is 17.7. The smallest absolute Gasteiger partial charge is 0.241 e. The Morgan fingerprint density at radius 1 is 1.19 bits per heavy atom. The van der Waals surface area contributed by atoms with Gasteiger partial charge in [0.15, 0.2) is 11.7 Å². The maximum Gasteiger partial charge on any atom is 0.241 e. The number of piperidine rings is 1. The van der Waals surface area contributed by atoms with E-state index in [1.54, 1.807) is 19.2 Å². The molecular formula is C19H25N3O3S. The monoisotopic (exact) mass is 375 g/mol. The number of fused-ring (bicyclic) bond motifs is 1. The minimum absolute atomic E-state index is 0.00756. The second kappa shape index (κ2) is 6.79. The van der Waals surface area contributed by atoms with Crippen LogP contribution in [0, 0.1) is 13.8 Å². The number of hydrogen-bond donors (Lipinski definition) is 1. The molecule has 2 saturated heterocycles. The Bertz CT molecular complexity index is 907. The first-order valence-electron chi connectivity index (χ1n) is 9.24. The lowest BCUT2D eigenvalue weighted by Crippen LogP contribution is -2.52. The summed E-state index contributed by atoms with van der Waals surface area (Å²) in [6.45, 7) is 5.77. The van der Waals surface area contributed by atoms with Crippen LogP contribution in [0.4, 0.5) is 0 Å². The largest absolute Gasteiger partial charge is 0.441 e. The topological polar surface area (TPSA) is 75.4 Å². The van der Waals surface area contributed by atoms with E-state index in [0.717, 1.165) is 49.9 Å². The van der Waals surface area contributed by atoms with Crippen molar-refractivity contribution in [3.05, 3.63) is 35.9 Å². The molecule has 2 aliphatic heterocycles. The van der Waals surface area contributed by atoms with Gasteiger partial charge in [-0.25, -0.2) is 18.1 Å². The number of nitrogens with zero attached hydrogens (tertiary/aromatic N) is 2. The van der Waals surface area contributed by atoms with Crippen molar-refractivity contribution in [1.29, 1.82) is 0 Å². The zero-order chi connectivity index (χ0) is 18.3. The van der Waals surface area contributed by atoms with Gasteiger partial charge in [0.1, 0.15) is 0 Å². The summed E-state index contributed by atoms with van der Waals surface area (Å²) in [5.74, 6) is 1.14. The predicted octanol–water partition coefficient (Wildman–Crippen LogP) is 2.86. The summed E-state index contributed by atoms with van der Waals surface area (Å²) in [5.41, 5.74) is 1.46. The van der Waals surface area contributed by atoms with E-state index in [1.165, 1.54) is 0 Å². The summed E-state index contributed by atoms with van der Waals surface area (Å²) in [5, 5.41) is 0. The molecule has 4 rings (SSSR count). The first-order chi connectivity index (χ1) is 12.4. The Hall–Kier alpha value is -1.70. The highest BCUT2D eigenvalue weighted by molar-refractivity contribution is 7.89. The van der Waals surface area contributed by atoms with E-state index in [-0.39, 0.29) is 6.04 Å². The molecule has 1 aromatic heterocycles. The van der Waals surface area contributed by atoms with Gasteiger partial charge in [-0.1, -0.05) is 12.1 Å². The van der Waals surface area contributed by atoms with Gasteiger partial charge in [-0.2, -0.15) is 0 Å². The van der Waals surface area contributed by atoms with Crippen molar-refractivity contribution in [3.63, 3.8) is 0 Å². The Balaban J connectivity index is 1.63. The average Bonchev–Trinajstić information content (AvgIpc) is 3.24. The summed E-state index contributed by atoms with van der Waals surface area (Å²) < 4.78 is 34.8. The van der Waals surface area contributed by atoms with Crippen LogP contribution in [0.15, 0.2) is 33.7 Å². The summed E-state index contributed by atoms with van der Waals surface area (Å²) in [6.07, 6.45) is 5.80. The van der Waals surface area contributed by atoms with Crippen LogP contribution in [0.5, 0.6) is 0 Å². The molecule has 2 aromatic rings. The molecule has 6 nitrogen and oxygen atoms in total. The van der Waals surface area contributed by atoms with Gasteiger partial charge in [0, 0.05) is 24.6 Å². The molecule has 7 heteroatoms. The molecule has 1 N–H and O–H groups in total. The quantitative estimate of drug-likeness (QED) is 0.889. The number of aryl methyl sites for hydroxylation is 2. The molecule has 2 fully saturated rings. The van der Waals surface area contributed by atoms with Gasteiger partial charge in [0.05, 0.1) is 11.1 Å². The number of benzene rings is 1. The van der Waals surface area contributed by atoms with E-state index in [4.69, 9.17) is 4.42 Å². The van der Waals surface area contributed by atoms with E-state index in [0.29, 0.717) is 22.6 Å². The summed E-state index contributed by atoms with van der Waals surface area (Å²) in [7, 11) is -3.59. The zero-order valence-electron chi connectivity index (χ0n) is 15.2. The third-order valence-electron chi connectivity index (χ3n) is 5.53. The van der Waals surface area contributed by atoms with Crippen LogP contribution < -0.4 is 4.72 Å². The van der Waals surface area contributed by atoms with Crippen molar-refractivity contribution in [2.75, 3.05) is 13.1 Å². The van der Waals surface area contributed by atoms with Crippen LogP contribution in [0.3, 0.4) is 0 Å². The lowest BCUT2D eigenvalue weighted by Gasteiger charge is -2.36. The standard InChI is InChI=1S/C19H25N3O3S/c1-13-7-8-15(18-12-20-14(2)25-18)11-19(13)26(23,24)21-16-5-3-9-22-10-4-6-17(16)22/h7-8,11-12,16-17,21H,3-6,9-10H2,1-2H3/t16-,17-/m0/s1. The van der Waals surface area contributed by atoms with Gasteiger partial charge >= 0.3 is 0 Å². The van der Waals surface area contributed by atoms with Crippen molar-refractivity contribution < 1.29 is 12.8 Å². The molecule has 2 atom stereocenters. The average molecular weight is 375 g/mol. The van der Waals surface area contributed by atoms with Crippen LogP contribution in [0.25, 0.3) is 11.3 Å². The molecule has 0 bridgehead atoms. The molecule has 0 aliphatic carbocycles. The molecule has 3 heterocycles. The van der Waals surface area contributed by atoms with Crippen molar-refractivity contribution >= 4 is 10.0 Å². The van der Waals surface area contributed by atoms with E-state index in [2.05, 4.69) is 14.6 Å². The van der Waals surface area contributed by atoms with E-state index in [9.17, 15) is 8.42 Å². The molecule has 0 saturated carbocycles. The molecular weight excluding hydrogens is 350 g/mol. The van der Waals surface area contributed by atoms with Crippen LogP contribution in [0.2, 0.25) is 0 Å². The van der Waals surface area contributed by atoms with Gasteiger partial charge in [-0.3, -0.25) is 4.90 Å². The Labute approximate surface area is 154 Å². The third-order valence-corrected chi connectivity index (χ3v) is 7.16. The Morgan fingerprint density at radius 2 is 1.96 bits per heavy atom. The number of aromatic nitrogens is 1. The van der Waals surface area contributed by atoms with E-state index >= 15 is 0 Å². The molecule has 0 amide bonds. The van der Waals surface area contributed by atoms with E-state index in [1.807, 2.05) is 19.1 Å². The number of hydrogen-bond acceptors (Lipinski definition) is 5. The van der Waals surface area contributed by atoms with Gasteiger partial charge in [0.2, 0.25) is 10.0 Å². The molecule has 0 spiro atoms. The number of oxazole rings is 1. The van der Waals surface area contributed by atoms with Crippen molar-refractivity contribution in [2.45, 2.75) is 56.5 Å². The fraction of sp³-hybridized carbons (Fsp3) is 0.526. The second-order valence-electron chi connectivity index (χ2n) is 7.34. The fourth-order valence-corrected chi connectivity index (χ4v) is 5.80. The van der Waals surface area contributed by atoms with Crippen LogP contribution >= 0.6 is 0 Å². The maximum absolute atomic E-state index is 13.1.